The second kappa shape index (κ2) is 9.29. The largest absolute Gasteiger partial charge is 0.373 e. The number of ether oxygens (including phenoxy) is 1. The Bertz CT molecular complexity index is 716. The van der Waals surface area contributed by atoms with Crippen LogP contribution in [0.2, 0.25) is 0 Å². The summed E-state index contributed by atoms with van der Waals surface area (Å²) in [7, 11) is -1.80. The van der Waals surface area contributed by atoms with Crippen molar-refractivity contribution in [2.75, 3.05) is 32.4 Å². The summed E-state index contributed by atoms with van der Waals surface area (Å²) in [6.45, 7) is 4.94. The number of hydrogen-bond acceptors (Lipinski definition) is 4. The summed E-state index contributed by atoms with van der Waals surface area (Å²) in [5.41, 5.74) is 0.513. The number of guanidine groups is 1. The molecule has 0 radical (unpaired) electrons. The summed E-state index contributed by atoms with van der Waals surface area (Å²) in [6, 6.07) is 6.46. The lowest BCUT2D eigenvalue weighted by Crippen LogP contribution is -2.50. The lowest BCUT2D eigenvalue weighted by Gasteiger charge is -2.34. The van der Waals surface area contributed by atoms with E-state index in [4.69, 9.17) is 4.74 Å². The lowest BCUT2D eigenvalue weighted by molar-refractivity contribution is -0.0440. The molecule has 2 N–H and O–H groups in total. The predicted molar refractivity (Wildman–Crippen MR) is 100.0 cm³/mol. The van der Waals surface area contributed by atoms with Crippen LogP contribution in [0, 0.1) is 5.82 Å². The van der Waals surface area contributed by atoms with E-state index in [1.165, 1.54) is 10.4 Å². The summed E-state index contributed by atoms with van der Waals surface area (Å²) in [5.74, 6) is 0.0769. The quantitative estimate of drug-likeness (QED) is 0.561. The van der Waals surface area contributed by atoms with Crippen molar-refractivity contribution in [2.24, 2.45) is 4.99 Å². The molecule has 0 aliphatic carbocycles. The van der Waals surface area contributed by atoms with Gasteiger partial charge in [0.1, 0.15) is 5.82 Å². The molecule has 1 heterocycles. The van der Waals surface area contributed by atoms with Gasteiger partial charge >= 0.3 is 0 Å². The molecule has 1 aliphatic heterocycles. The fraction of sp³-hybridized carbons (Fsp3) is 0.588. The van der Waals surface area contributed by atoms with Gasteiger partial charge in [0, 0.05) is 38.8 Å². The molecule has 2 rings (SSSR count). The molecule has 2 atom stereocenters. The highest BCUT2D eigenvalue weighted by molar-refractivity contribution is 7.89. The third-order valence-corrected chi connectivity index (χ3v) is 5.86. The number of morpholine rings is 1. The maximum absolute atomic E-state index is 13.6. The topological polar surface area (TPSA) is 83.0 Å². The second-order valence-corrected chi connectivity index (χ2v) is 8.42. The van der Waals surface area contributed by atoms with Crippen LogP contribution in [-0.2, 0) is 21.3 Å². The SMILES string of the molecule is CN=C(NCCS(=O)(=O)N1CC(C)OC(C)C1)NCc1ccccc1F. The maximum atomic E-state index is 13.6. The Hall–Kier alpha value is -1.71. The van der Waals surface area contributed by atoms with E-state index in [1.54, 1.807) is 25.2 Å². The third kappa shape index (κ3) is 5.93. The van der Waals surface area contributed by atoms with Crippen molar-refractivity contribution in [1.29, 1.82) is 0 Å². The fourth-order valence-corrected chi connectivity index (χ4v) is 4.32. The molecule has 26 heavy (non-hydrogen) atoms. The molecule has 0 spiro atoms. The zero-order valence-electron chi connectivity index (χ0n) is 15.4. The van der Waals surface area contributed by atoms with Crippen LogP contribution in [0.5, 0.6) is 0 Å². The first-order chi connectivity index (χ1) is 12.3. The maximum Gasteiger partial charge on any atom is 0.216 e. The van der Waals surface area contributed by atoms with Crippen LogP contribution in [0.15, 0.2) is 29.3 Å². The van der Waals surface area contributed by atoms with Crippen LogP contribution < -0.4 is 10.6 Å². The van der Waals surface area contributed by atoms with Crippen LogP contribution >= 0.6 is 0 Å². The van der Waals surface area contributed by atoms with E-state index in [1.807, 2.05) is 13.8 Å². The molecule has 146 valence electrons. The number of benzene rings is 1. The molecular weight excluding hydrogens is 359 g/mol. The average molecular weight is 386 g/mol. The van der Waals surface area contributed by atoms with Crippen molar-refractivity contribution >= 4 is 16.0 Å². The van der Waals surface area contributed by atoms with Gasteiger partial charge in [-0.1, -0.05) is 18.2 Å². The summed E-state index contributed by atoms with van der Waals surface area (Å²) >= 11 is 0. The van der Waals surface area contributed by atoms with Gasteiger partial charge in [0.2, 0.25) is 10.0 Å². The molecule has 1 aromatic carbocycles. The summed E-state index contributed by atoms with van der Waals surface area (Å²) in [4.78, 5) is 4.03. The normalized spacial score (nSPS) is 22.2. The van der Waals surface area contributed by atoms with E-state index in [0.29, 0.717) is 24.6 Å². The average Bonchev–Trinajstić information content (AvgIpc) is 2.58. The van der Waals surface area contributed by atoms with Crippen molar-refractivity contribution in [3.8, 4) is 0 Å². The Morgan fingerprint density at radius 2 is 1.92 bits per heavy atom. The van der Waals surface area contributed by atoms with Crippen LogP contribution in [-0.4, -0.2) is 63.3 Å². The van der Waals surface area contributed by atoms with E-state index >= 15 is 0 Å². The third-order valence-electron chi connectivity index (χ3n) is 4.06. The highest BCUT2D eigenvalue weighted by Crippen LogP contribution is 2.14. The number of nitrogens with one attached hydrogen (secondary N) is 2. The minimum Gasteiger partial charge on any atom is -0.373 e. The molecule has 1 aliphatic rings. The highest BCUT2D eigenvalue weighted by atomic mass is 32.2. The van der Waals surface area contributed by atoms with Crippen molar-refractivity contribution in [1.82, 2.24) is 14.9 Å². The zero-order chi connectivity index (χ0) is 19.2. The van der Waals surface area contributed by atoms with E-state index in [0.717, 1.165) is 0 Å². The van der Waals surface area contributed by atoms with Crippen molar-refractivity contribution in [3.63, 3.8) is 0 Å². The van der Waals surface area contributed by atoms with Crippen LogP contribution in [0.1, 0.15) is 19.4 Å². The zero-order valence-corrected chi connectivity index (χ0v) is 16.2. The van der Waals surface area contributed by atoms with Gasteiger partial charge < -0.3 is 15.4 Å². The van der Waals surface area contributed by atoms with Crippen molar-refractivity contribution < 1.29 is 17.5 Å². The lowest BCUT2D eigenvalue weighted by atomic mass is 10.2. The number of nitrogens with zero attached hydrogens (tertiary/aromatic N) is 2. The number of aliphatic imine (C=N–C) groups is 1. The second-order valence-electron chi connectivity index (χ2n) is 6.33. The van der Waals surface area contributed by atoms with Gasteiger partial charge in [-0.3, -0.25) is 4.99 Å². The van der Waals surface area contributed by atoms with E-state index in [-0.39, 0.29) is 36.9 Å². The Kier molecular flexibility index (Phi) is 7.36. The van der Waals surface area contributed by atoms with Crippen molar-refractivity contribution in [2.45, 2.75) is 32.6 Å². The van der Waals surface area contributed by atoms with E-state index < -0.39 is 10.0 Å². The first-order valence-corrected chi connectivity index (χ1v) is 10.2. The van der Waals surface area contributed by atoms with Crippen LogP contribution in [0.3, 0.4) is 0 Å². The summed E-state index contributed by atoms with van der Waals surface area (Å²) in [6.07, 6.45) is -0.228. The van der Waals surface area contributed by atoms with Gasteiger partial charge in [0.15, 0.2) is 5.96 Å². The smallest absolute Gasteiger partial charge is 0.216 e. The monoisotopic (exact) mass is 386 g/mol. The molecule has 2 unspecified atom stereocenters. The number of halogens is 1. The number of rotatable bonds is 6. The highest BCUT2D eigenvalue weighted by Gasteiger charge is 2.30. The van der Waals surface area contributed by atoms with Crippen molar-refractivity contribution in [3.05, 3.63) is 35.6 Å². The predicted octanol–water partition coefficient (Wildman–Crippen LogP) is 0.930. The Labute approximate surface area is 154 Å². The molecule has 1 aromatic rings. The van der Waals surface area contributed by atoms with Gasteiger partial charge in [0.25, 0.3) is 0 Å². The first kappa shape index (κ1) is 20.6. The standard InChI is InChI=1S/C17H27FN4O3S/c1-13-11-22(12-14(2)25-13)26(23,24)9-8-20-17(19-3)21-10-15-6-4-5-7-16(15)18/h4-7,13-14H,8-12H2,1-3H3,(H2,19,20,21). The van der Waals surface area contributed by atoms with E-state index in [9.17, 15) is 12.8 Å². The van der Waals surface area contributed by atoms with Gasteiger partial charge in [-0.2, -0.15) is 4.31 Å². The summed E-state index contributed by atoms with van der Waals surface area (Å²) in [5, 5.41) is 5.93. The molecule has 9 heteroatoms. The molecule has 7 nitrogen and oxygen atoms in total. The fourth-order valence-electron chi connectivity index (χ4n) is 2.83. The van der Waals surface area contributed by atoms with Gasteiger partial charge in [-0.25, -0.2) is 12.8 Å². The van der Waals surface area contributed by atoms with E-state index in [2.05, 4.69) is 15.6 Å². The van der Waals surface area contributed by atoms with Crippen LogP contribution in [0.25, 0.3) is 0 Å². The number of sulfonamides is 1. The van der Waals surface area contributed by atoms with Crippen LogP contribution in [0.4, 0.5) is 4.39 Å². The summed E-state index contributed by atoms with van der Waals surface area (Å²) < 4.78 is 45.7. The molecule has 0 aromatic heterocycles. The minimum atomic E-state index is -3.38. The Morgan fingerprint density at radius 1 is 1.27 bits per heavy atom. The van der Waals surface area contributed by atoms with Gasteiger partial charge in [-0.15, -0.1) is 0 Å². The first-order valence-electron chi connectivity index (χ1n) is 8.63. The Balaban J connectivity index is 1.82. The molecular formula is C17H27FN4O3S. The molecule has 0 saturated carbocycles. The Morgan fingerprint density at radius 3 is 2.54 bits per heavy atom. The number of hydrogen-bond donors (Lipinski definition) is 2. The molecule has 0 amide bonds. The van der Waals surface area contributed by atoms with Gasteiger partial charge in [-0.05, 0) is 19.9 Å². The minimum absolute atomic E-state index is 0.0488. The molecule has 1 saturated heterocycles. The molecule has 0 bridgehead atoms. The van der Waals surface area contributed by atoms with Gasteiger partial charge in [0.05, 0.1) is 18.0 Å². The molecule has 1 fully saturated rings.